The lowest BCUT2D eigenvalue weighted by atomic mass is 9.26. The van der Waals surface area contributed by atoms with Gasteiger partial charge in [0.25, 0.3) is 0 Å². The van der Waals surface area contributed by atoms with Crippen LogP contribution in [0, 0.1) is 23.7 Å². The van der Waals surface area contributed by atoms with E-state index in [2.05, 4.69) is 17.7 Å². The summed E-state index contributed by atoms with van der Waals surface area (Å²) in [5.74, 6) is 4.17. The van der Waals surface area contributed by atoms with Crippen molar-refractivity contribution in [2.24, 2.45) is 23.7 Å². The maximum absolute atomic E-state index is 4.64. The minimum atomic E-state index is 0.817. The van der Waals surface area contributed by atoms with E-state index in [-0.39, 0.29) is 0 Å². The van der Waals surface area contributed by atoms with E-state index < -0.39 is 0 Å². The molecule has 1 heterocycles. The van der Waals surface area contributed by atoms with Crippen LogP contribution in [-0.4, -0.2) is 25.2 Å². The summed E-state index contributed by atoms with van der Waals surface area (Å²) < 4.78 is 0. The monoisotopic (exact) mass is 135 g/mol. The molecular weight excluding hydrogens is 124 g/mol. The Morgan fingerprint density at radius 2 is 1.70 bits per heavy atom. The first-order chi connectivity index (χ1) is 4.93. The molecule has 0 bridgehead atoms. The first-order valence-corrected chi connectivity index (χ1v) is 4.31. The fraction of sp³-hybridized carbons (Fsp3) is 1.00. The van der Waals surface area contributed by atoms with E-state index in [4.69, 9.17) is 0 Å². The summed E-state index contributed by atoms with van der Waals surface area (Å²) in [7, 11) is 2.10. The average molecular weight is 135 g/mol. The van der Waals surface area contributed by atoms with Gasteiger partial charge in [-0.1, -0.05) is 5.92 Å². The SMILES string of the molecule is CNC1C2C3[N-]C4C3C2C41. The van der Waals surface area contributed by atoms with E-state index in [0.717, 1.165) is 41.8 Å². The van der Waals surface area contributed by atoms with Gasteiger partial charge in [0.2, 0.25) is 0 Å². The Balaban J connectivity index is 1.75. The van der Waals surface area contributed by atoms with Crippen LogP contribution >= 0.6 is 0 Å². The Morgan fingerprint density at radius 3 is 2.00 bits per heavy atom. The molecule has 10 heavy (non-hydrogen) atoms. The van der Waals surface area contributed by atoms with E-state index >= 15 is 0 Å². The zero-order valence-corrected chi connectivity index (χ0v) is 5.99. The van der Waals surface area contributed by atoms with Crippen LogP contribution in [0.4, 0.5) is 0 Å². The molecule has 0 aromatic carbocycles. The van der Waals surface area contributed by atoms with Gasteiger partial charge in [0.1, 0.15) is 0 Å². The number of rotatable bonds is 1. The maximum Gasteiger partial charge on any atom is 0.00986 e. The van der Waals surface area contributed by atoms with Gasteiger partial charge in [0, 0.05) is 6.04 Å². The lowest BCUT2D eigenvalue weighted by molar-refractivity contribution is -0.279. The first kappa shape index (κ1) is 4.73. The number of nitrogens with zero attached hydrogens (tertiary/aromatic N) is 1. The third-order valence-corrected chi connectivity index (χ3v) is 4.42. The normalized spacial score (nSPS) is 79.5. The largest absolute Gasteiger partial charge is 0.656 e. The number of hydrogen-bond donors (Lipinski definition) is 1. The fourth-order valence-corrected chi connectivity index (χ4v) is 4.00. The zero-order chi connectivity index (χ0) is 6.46. The second-order valence-electron chi connectivity index (χ2n) is 4.25. The summed E-state index contributed by atoms with van der Waals surface area (Å²) in [6.45, 7) is 0. The average Bonchev–Trinajstić information content (AvgIpc) is 1.99. The molecule has 4 unspecified atom stereocenters. The molecule has 3 saturated carbocycles. The van der Waals surface area contributed by atoms with E-state index in [1.807, 2.05) is 0 Å². The van der Waals surface area contributed by atoms with Crippen molar-refractivity contribution in [2.75, 3.05) is 7.05 Å². The molecule has 0 amide bonds. The predicted octanol–water partition coefficient (Wildman–Crippen LogP) is 0.204. The minimum absolute atomic E-state index is 0.817. The second kappa shape index (κ2) is 1.07. The Labute approximate surface area is 60.4 Å². The van der Waals surface area contributed by atoms with E-state index in [0.29, 0.717) is 0 Å². The lowest BCUT2D eigenvalue weighted by Gasteiger charge is -2.96. The molecule has 54 valence electrons. The molecule has 2 nitrogen and oxygen atoms in total. The molecule has 3 aliphatic carbocycles. The number of nitrogens with one attached hydrogen (secondary N) is 1. The van der Waals surface area contributed by atoms with Gasteiger partial charge < -0.3 is 10.6 Å². The van der Waals surface area contributed by atoms with Gasteiger partial charge >= 0.3 is 0 Å². The molecule has 4 aliphatic rings. The van der Waals surface area contributed by atoms with Gasteiger partial charge in [-0.3, -0.25) is 0 Å². The highest BCUT2D eigenvalue weighted by Gasteiger charge is 2.76. The van der Waals surface area contributed by atoms with Crippen molar-refractivity contribution < 1.29 is 0 Å². The van der Waals surface area contributed by atoms with Crippen molar-refractivity contribution >= 4 is 0 Å². The van der Waals surface area contributed by atoms with E-state index in [9.17, 15) is 0 Å². The molecule has 4 atom stereocenters. The summed E-state index contributed by atoms with van der Waals surface area (Å²) in [4.78, 5) is 0. The van der Waals surface area contributed by atoms with Crippen LogP contribution in [0.15, 0.2) is 0 Å². The highest BCUT2D eigenvalue weighted by Crippen LogP contribution is 2.79. The van der Waals surface area contributed by atoms with E-state index in [1.165, 1.54) is 0 Å². The van der Waals surface area contributed by atoms with Crippen molar-refractivity contribution in [1.29, 1.82) is 0 Å². The van der Waals surface area contributed by atoms with Crippen molar-refractivity contribution in [3.63, 3.8) is 0 Å². The Hall–Kier alpha value is -0.0800. The Morgan fingerprint density at radius 1 is 1.00 bits per heavy atom. The number of hydrogen-bond acceptors (Lipinski definition) is 1. The second-order valence-corrected chi connectivity index (χ2v) is 4.25. The van der Waals surface area contributed by atoms with Crippen LogP contribution in [-0.2, 0) is 0 Å². The lowest BCUT2D eigenvalue weighted by Crippen LogP contribution is -2.92. The molecule has 0 aromatic rings. The molecule has 4 fully saturated rings. The molecular formula is C8H11N2-. The van der Waals surface area contributed by atoms with Crippen LogP contribution in [0.1, 0.15) is 0 Å². The molecule has 1 aliphatic heterocycles. The summed E-state index contributed by atoms with van der Waals surface area (Å²) >= 11 is 0. The van der Waals surface area contributed by atoms with Crippen molar-refractivity contribution in [3.8, 4) is 0 Å². The Kier molecular flexibility index (Phi) is 0.504. The Bertz CT molecular complexity index is 187. The summed E-state index contributed by atoms with van der Waals surface area (Å²) in [6.07, 6.45) is 0. The van der Waals surface area contributed by atoms with Crippen molar-refractivity contribution in [1.82, 2.24) is 5.32 Å². The molecule has 1 N–H and O–H groups in total. The number of fused-ring (bicyclic) bond motifs is 2. The fourth-order valence-electron chi connectivity index (χ4n) is 4.00. The topological polar surface area (TPSA) is 26.1 Å². The van der Waals surface area contributed by atoms with Crippen molar-refractivity contribution in [2.45, 2.75) is 18.1 Å². The van der Waals surface area contributed by atoms with E-state index in [1.54, 1.807) is 0 Å². The highest BCUT2D eigenvalue weighted by atomic mass is 15.2. The van der Waals surface area contributed by atoms with Crippen LogP contribution in [0.2, 0.25) is 0 Å². The summed E-state index contributed by atoms with van der Waals surface area (Å²) in [5, 5.41) is 8.07. The van der Waals surface area contributed by atoms with Gasteiger partial charge in [-0.15, -0.1) is 12.1 Å². The van der Waals surface area contributed by atoms with Gasteiger partial charge in [-0.25, -0.2) is 0 Å². The molecule has 4 rings (SSSR count). The van der Waals surface area contributed by atoms with Crippen molar-refractivity contribution in [3.05, 3.63) is 5.32 Å². The third-order valence-electron chi connectivity index (χ3n) is 4.42. The molecule has 0 aromatic heterocycles. The van der Waals surface area contributed by atoms with Gasteiger partial charge in [-0.05, 0) is 24.8 Å². The molecule has 0 radical (unpaired) electrons. The summed E-state index contributed by atoms with van der Waals surface area (Å²) in [6, 6.07) is 2.50. The van der Waals surface area contributed by atoms with Crippen LogP contribution in [0.5, 0.6) is 0 Å². The number of piperidine rings is 4. The summed E-state index contributed by atoms with van der Waals surface area (Å²) in [5.41, 5.74) is 0. The molecule has 0 spiro atoms. The van der Waals surface area contributed by atoms with Gasteiger partial charge in [-0.2, -0.15) is 0 Å². The highest BCUT2D eigenvalue weighted by molar-refractivity contribution is 5.48. The quantitative estimate of drug-likeness (QED) is 0.546. The first-order valence-electron chi connectivity index (χ1n) is 4.31. The van der Waals surface area contributed by atoms with Crippen LogP contribution < -0.4 is 5.32 Å². The predicted molar refractivity (Wildman–Crippen MR) is 37.7 cm³/mol. The standard InChI is InChI=1S/C8H11N2/c1-9-6-3-2-4(6)8-5(2)7(3)10-8/h2-9H,1H3/q-1. The minimum Gasteiger partial charge on any atom is -0.656 e. The van der Waals surface area contributed by atoms with Crippen LogP contribution in [0.3, 0.4) is 0 Å². The third kappa shape index (κ3) is 0.216. The molecule has 1 saturated heterocycles. The van der Waals surface area contributed by atoms with Gasteiger partial charge in [0.15, 0.2) is 0 Å². The maximum atomic E-state index is 4.64. The molecule has 2 heteroatoms. The van der Waals surface area contributed by atoms with Gasteiger partial charge in [0.05, 0.1) is 0 Å². The zero-order valence-electron chi connectivity index (χ0n) is 5.99. The smallest absolute Gasteiger partial charge is 0.00986 e. The van der Waals surface area contributed by atoms with Crippen LogP contribution in [0.25, 0.3) is 5.32 Å².